The molecular formula is C24H29N5O2. The average molecular weight is 420 g/mol. The fraction of sp³-hybridized carbons (Fsp3) is 0.458. The van der Waals surface area contributed by atoms with Crippen LogP contribution in [-0.4, -0.2) is 50.3 Å². The average Bonchev–Trinajstić information content (AvgIpc) is 3.35. The second-order valence-electron chi connectivity index (χ2n) is 8.89. The van der Waals surface area contributed by atoms with E-state index < -0.39 is 0 Å². The standard InChI is InChI=1S/C24H29N5O2/c1-16-12-20(31-26-16)15-27(2)19-8-9-22-21(13-19)23(25-28(22)3)24(30)29-11-10-17-6-4-5-7-18(17)14-29/h4-7,12,19H,8-11,13-15H2,1-3H3. The van der Waals surface area contributed by atoms with Crippen LogP contribution in [0, 0.1) is 6.92 Å². The van der Waals surface area contributed by atoms with E-state index >= 15 is 0 Å². The first kappa shape index (κ1) is 20.0. The SMILES string of the molecule is Cc1cc(CN(C)C2CCc3c(c(C(=O)N4CCc5ccccc5C4)nn3C)C2)on1. The van der Waals surface area contributed by atoms with E-state index in [0.29, 0.717) is 24.8 Å². The Morgan fingerprint density at radius 2 is 2.06 bits per heavy atom. The largest absolute Gasteiger partial charge is 0.360 e. The molecule has 3 aromatic rings. The molecule has 0 fully saturated rings. The summed E-state index contributed by atoms with van der Waals surface area (Å²) in [6.45, 7) is 4.06. The van der Waals surface area contributed by atoms with Gasteiger partial charge in [-0.05, 0) is 50.8 Å². The fourth-order valence-electron chi connectivity index (χ4n) is 5.00. The number of fused-ring (bicyclic) bond motifs is 2. The van der Waals surface area contributed by atoms with Crippen molar-refractivity contribution in [1.29, 1.82) is 0 Å². The molecule has 0 saturated carbocycles. The lowest BCUT2D eigenvalue weighted by Crippen LogP contribution is -2.38. The Morgan fingerprint density at radius 1 is 1.26 bits per heavy atom. The van der Waals surface area contributed by atoms with Crippen LogP contribution in [0.25, 0.3) is 0 Å². The van der Waals surface area contributed by atoms with Crippen molar-refractivity contribution in [3.63, 3.8) is 0 Å². The summed E-state index contributed by atoms with van der Waals surface area (Å²) in [6, 6.07) is 10.7. The summed E-state index contributed by atoms with van der Waals surface area (Å²) in [4.78, 5) is 17.7. The van der Waals surface area contributed by atoms with E-state index in [-0.39, 0.29) is 5.91 Å². The first-order valence-corrected chi connectivity index (χ1v) is 11.0. The number of carbonyl (C=O) groups is 1. The zero-order valence-electron chi connectivity index (χ0n) is 18.5. The maximum absolute atomic E-state index is 13.5. The smallest absolute Gasteiger partial charge is 0.274 e. The normalized spacial score (nSPS) is 18.2. The topological polar surface area (TPSA) is 67.4 Å². The van der Waals surface area contributed by atoms with Crippen molar-refractivity contribution in [2.45, 2.75) is 51.7 Å². The molecule has 7 heteroatoms. The lowest BCUT2D eigenvalue weighted by atomic mass is 9.90. The Kier molecular flexibility index (Phi) is 5.14. The molecule has 2 aromatic heterocycles. The first-order valence-electron chi connectivity index (χ1n) is 11.0. The Bertz CT molecular complexity index is 1120. The monoisotopic (exact) mass is 419 g/mol. The van der Waals surface area contributed by atoms with Gasteiger partial charge >= 0.3 is 0 Å². The summed E-state index contributed by atoms with van der Waals surface area (Å²) in [5.74, 6) is 0.931. The van der Waals surface area contributed by atoms with Gasteiger partial charge in [-0.25, -0.2) is 0 Å². The highest BCUT2D eigenvalue weighted by atomic mass is 16.5. The van der Waals surface area contributed by atoms with Crippen molar-refractivity contribution in [3.8, 4) is 0 Å². The van der Waals surface area contributed by atoms with Gasteiger partial charge in [0.1, 0.15) is 0 Å². The van der Waals surface area contributed by atoms with Crippen molar-refractivity contribution in [2.24, 2.45) is 7.05 Å². The molecule has 2 aliphatic rings. The molecular weight excluding hydrogens is 390 g/mol. The van der Waals surface area contributed by atoms with Crippen molar-refractivity contribution in [1.82, 2.24) is 24.7 Å². The van der Waals surface area contributed by atoms with Crippen LogP contribution < -0.4 is 0 Å². The summed E-state index contributed by atoms with van der Waals surface area (Å²) in [7, 11) is 4.08. The van der Waals surface area contributed by atoms with E-state index in [1.54, 1.807) is 0 Å². The number of aryl methyl sites for hydroxylation is 2. The Morgan fingerprint density at radius 3 is 2.84 bits per heavy atom. The molecule has 162 valence electrons. The molecule has 0 N–H and O–H groups in total. The molecule has 0 saturated heterocycles. The Balaban J connectivity index is 1.35. The lowest BCUT2D eigenvalue weighted by molar-refractivity contribution is 0.0726. The van der Waals surface area contributed by atoms with Gasteiger partial charge in [-0.1, -0.05) is 29.4 Å². The van der Waals surface area contributed by atoms with Crippen LogP contribution in [0.5, 0.6) is 0 Å². The number of likely N-dealkylation sites (N-methyl/N-ethyl adjacent to an activating group) is 1. The van der Waals surface area contributed by atoms with Gasteiger partial charge < -0.3 is 9.42 Å². The minimum absolute atomic E-state index is 0.0560. The molecule has 1 aliphatic heterocycles. The van der Waals surface area contributed by atoms with Gasteiger partial charge in [-0.3, -0.25) is 14.4 Å². The quantitative estimate of drug-likeness (QED) is 0.651. The van der Waals surface area contributed by atoms with E-state index in [1.807, 2.05) is 35.7 Å². The van der Waals surface area contributed by atoms with Crippen molar-refractivity contribution in [3.05, 3.63) is 69.9 Å². The summed E-state index contributed by atoms with van der Waals surface area (Å²) >= 11 is 0. The Labute approximate surface area is 182 Å². The highest BCUT2D eigenvalue weighted by Crippen LogP contribution is 2.29. The fourth-order valence-corrected chi connectivity index (χ4v) is 5.00. The molecule has 1 amide bonds. The number of rotatable bonds is 4. The third kappa shape index (κ3) is 3.78. The van der Waals surface area contributed by atoms with Crippen molar-refractivity contribution in [2.75, 3.05) is 13.6 Å². The third-order valence-corrected chi connectivity index (χ3v) is 6.75. The second kappa shape index (κ2) is 7.96. The third-order valence-electron chi connectivity index (χ3n) is 6.75. The predicted octanol–water partition coefficient (Wildman–Crippen LogP) is 2.90. The highest BCUT2D eigenvalue weighted by molar-refractivity contribution is 5.94. The van der Waals surface area contributed by atoms with Crippen LogP contribution in [0.1, 0.15) is 50.7 Å². The molecule has 0 spiro atoms. The molecule has 1 aromatic carbocycles. The summed E-state index contributed by atoms with van der Waals surface area (Å²) < 4.78 is 7.31. The van der Waals surface area contributed by atoms with Crippen LogP contribution in [0.15, 0.2) is 34.9 Å². The van der Waals surface area contributed by atoms with E-state index in [4.69, 9.17) is 4.52 Å². The lowest BCUT2D eigenvalue weighted by Gasteiger charge is -2.32. The molecule has 0 radical (unpaired) electrons. The van der Waals surface area contributed by atoms with Crippen LogP contribution in [-0.2, 0) is 39.4 Å². The molecule has 0 bridgehead atoms. The Hall–Kier alpha value is -2.93. The number of hydrogen-bond acceptors (Lipinski definition) is 5. The van der Waals surface area contributed by atoms with Gasteiger partial charge in [0.05, 0.1) is 12.2 Å². The predicted molar refractivity (Wildman–Crippen MR) is 117 cm³/mol. The van der Waals surface area contributed by atoms with Gasteiger partial charge in [0.15, 0.2) is 11.5 Å². The van der Waals surface area contributed by atoms with Crippen LogP contribution in [0.2, 0.25) is 0 Å². The van der Waals surface area contributed by atoms with E-state index in [0.717, 1.165) is 49.2 Å². The minimum Gasteiger partial charge on any atom is -0.360 e. The number of amides is 1. The first-order chi connectivity index (χ1) is 15.0. The minimum atomic E-state index is 0.0560. The zero-order chi connectivity index (χ0) is 21.5. The molecule has 1 atom stereocenters. The highest BCUT2D eigenvalue weighted by Gasteiger charge is 2.33. The molecule has 1 unspecified atom stereocenters. The number of hydrogen-bond donors (Lipinski definition) is 0. The van der Waals surface area contributed by atoms with E-state index in [9.17, 15) is 4.79 Å². The molecule has 5 rings (SSSR count). The number of benzene rings is 1. The molecule has 7 nitrogen and oxygen atoms in total. The zero-order valence-corrected chi connectivity index (χ0v) is 18.5. The number of aromatic nitrogens is 3. The maximum Gasteiger partial charge on any atom is 0.274 e. The van der Waals surface area contributed by atoms with Crippen LogP contribution >= 0.6 is 0 Å². The van der Waals surface area contributed by atoms with Crippen molar-refractivity contribution >= 4 is 5.91 Å². The van der Waals surface area contributed by atoms with Gasteiger partial charge in [0, 0.05) is 43.5 Å². The number of carbonyl (C=O) groups excluding carboxylic acids is 1. The van der Waals surface area contributed by atoms with Crippen LogP contribution in [0.3, 0.4) is 0 Å². The molecule has 31 heavy (non-hydrogen) atoms. The molecule has 1 aliphatic carbocycles. The van der Waals surface area contributed by atoms with E-state index in [1.165, 1.54) is 16.8 Å². The summed E-state index contributed by atoms with van der Waals surface area (Å²) in [5.41, 5.74) is 6.43. The molecule has 3 heterocycles. The summed E-state index contributed by atoms with van der Waals surface area (Å²) in [6.07, 6.45) is 3.71. The van der Waals surface area contributed by atoms with Gasteiger partial charge in [0.25, 0.3) is 5.91 Å². The van der Waals surface area contributed by atoms with Gasteiger partial charge in [-0.2, -0.15) is 5.10 Å². The van der Waals surface area contributed by atoms with Crippen LogP contribution in [0.4, 0.5) is 0 Å². The summed E-state index contributed by atoms with van der Waals surface area (Å²) in [5, 5.41) is 8.68. The van der Waals surface area contributed by atoms with Crippen molar-refractivity contribution < 1.29 is 9.32 Å². The van der Waals surface area contributed by atoms with Gasteiger partial charge in [0.2, 0.25) is 0 Å². The van der Waals surface area contributed by atoms with E-state index in [2.05, 4.69) is 40.4 Å². The number of nitrogens with zero attached hydrogens (tertiary/aromatic N) is 5. The maximum atomic E-state index is 13.5. The second-order valence-corrected chi connectivity index (χ2v) is 8.89. The van der Waals surface area contributed by atoms with Gasteiger partial charge in [-0.15, -0.1) is 0 Å².